The van der Waals surface area contributed by atoms with E-state index < -0.39 is 0 Å². The van der Waals surface area contributed by atoms with Crippen LogP contribution < -0.4 is 4.90 Å². The Morgan fingerprint density at radius 3 is 1.95 bits per heavy atom. The summed E-state index contributed by atoms with van der Waals surface area (Å²) in [6.45, 7) is 0. The van der Waals surface area contributed by atoms with Crippen molar-refractivity contribution in [2.45, 2.75) is 0 Å². The molecule has 0 unspecified atom stereocenters. The molecule has 0 amide bonds. The largest absolute Gasteiger partial charge is 0.309 e. The highest BCUT2D eigenvalue weighted by Gasteiger charge is 2.22. The Bertz CT molecular complexity index is 2490. The van der Waals surface area contributed by atoms with E-state index in [2.05, 4.69) is 157 Å². The molecule has 7 aromatic carbocycles. The van der Waals surface area contributed by atoms with Gasteiger partial charge in [-0.05, 0) is 68.4 Å². The second-order valence-corrected chi connectivity index (χ2v) is 12.2. The molecule has 2 aromatic heterocycles. The Labute approximate surface area is 259 Å². The number of aromatic nitrogens is 1. The second kappa shape index (κ2) is 10.0. The van der Waals surface area contributed by atoms with Crippen LogP contribution in [0.25, 0.3) is 63.7 Å². The number of rotatable bonds is 4. The highest BCUT2D eigenvalue weighted by atomic mass is 32.1. The van der Waals surface area contributed by atoms with Crippen LogP contribution in [0.5, 0.6) is 0 Å². The molecule has 0 radical (unpaired) electrons. The third-order valence-corrected chi connectivity index (χ3v) is 9.78. The fourth-order valence-corrected chi connectivity index (χ4v) is 7.77. The molecular formula is C41H26N2S. The van der Waals surface area contributed by atoms with Crippen molar-refractivity contribution in [2.75, 3.05) is 4.90 Å². The molecule has 0 aliphatic heterocycles. The van der Waals surface area contributed by atoms with Crippen LogP contribution in [0.4, 0.5) is 17.1 Å². The van der Waals surface area contributed by atoms with Crippen molar-refractivity contribution in [2.24, 2.45) is 0 Å². The monoisotopic (exact) mass is 578 g/mol. The van der Waals surface area contributed by atoms with Gasteiger partial charge in [-0.15, -0.1) is 11.3 Å². The molecule has 0 N–H and O–H groups in total. The third kappa shape index (κ3) is 3.90. The Morgan fingerprint density at radius 2 is 1.11 bits per heavy atom. The number of benzene rings is 7. The van der Waals surface area contributed by atoms with E-state index in [0.717, 1.165) is 21.9 Å². The minimum atomic E-state index is 1.05. The summed E-state index contributed by atoms with van der Waals surface area (Å²) in [6, 6.07) is 54.8. The molecule has 0 bridgehead atoms. The lowest BCUT2D eigenvalue weighted by atomic mass is 9.94. The molecule has 3 heteroatoms. The van der Waals surface area contributed by atoms with E-state index in [1.165, 1.54) is 58.9 Å². The minimum absolute atomic E-state index is 1.05. The molecule has 9 aromatic rings. The summed E-state index contributed by atoms with van der Waals surface area (Å²) < 4.78 is 1.25. The predicted molar refractivity (Wildman–Crippen MR) is 190 cm³/mol. The smallest absolute Gasteiger partial charge is 0.126 e. The summed E-state index contributed by atoms with van der Waals surface area (Å²) in [6.07, 6.45) is 1.95. The van der Waals surface area contributed by atoms with Gasteiger partial charge in [0, 0.05) is 32.7 Å². The van der Waals surface area contributed by atoms with Crippen molar-refractivity contribution < 1.29 is 0 Å². The summed E-state index contributed by atoms with van der Waals surface area (Å²) in [7, 11) is 0. The summed E-state index contributed by atoms with van der Waals surface area (Å²) >= 11 is 1.75. The zero-order valence-electron chi connectivity index (χ0n) is 23.8. The van der Waals surface area contributed by atoms with Crippen LogP contribution in [0.3, 0.4) is 0 Å². The van der Waals surface area contributed by atoms with Gasteiger partial charge in [0.2, 0.25) is 0 Å². The zero-order chi connectivity index (χ0) is 29.0. The maximum Gasteiger partial charge on any atom is 0.126 e. The summed E-state index contributed by atoms with van der Waals surface area (Å²) in [4.78, 5) is 8.33. The first kappa shape index (κ1) is 25.0. The van der Waals surface area contributed by atoms with Crippen LogP contribution in [-0.4, -0.2) is 4.98 Å². The van der Waals surface area contributed by atoms with Crippen molar-refractivity contribution in [3.63, 3.8) is 0 Å². The normalized spacial score (nSPS) is 11.6. The van der Waals surface area contributed by atoms with Gasteiger partial charge in [0.25, 0.3) is 0 Å². The topological polar surface area (TPSA) is 16.1 Å². The van der Waals surface area contributed by atoms with Crippen molar-refractivity contribution in [1.82, 2.24) is 4.98 Å². The molecule has 206 valence electrons. The number of pyridine rings is 1. The average molecular weight is 579 g/mol. The molecule has 0 aliphatic carbocycles. The molecule has 2 nitrogen and oxygen atoms in total. The zero-order valence-corrected chi connectivity index (χ0v) is 24.6. The second-order valence-electron chi connectivity index (χ2n) is 11.2. The Balaban J connectivity index is 1.37. The standard InChI is InChI=1S/C41H26N2S/c1-2-10-27(11-3-1)28-20-22-31(23-21-28)43(36-24-25-42-41-40(36)35-16-8-9-17-38(35)44-41)37-26-30-19-18-29-12-4-5-13-32(29)39(30)34-15-7-6-14-33(34)37/h1-26H. The quantitative estimate of drug-likeness (QED) is 0.193. The van der Waals surface area contributed by atoms with Crippen molar-refractivity contribution in [3.8, 4) is 11.1 Å². The molecule has 44 heavy (non-hydrogen) atoms. The van der Waals surface area contributed by atoms with Gasteiger partial charge in [-0.25, -0.2) is 4.98 Å². The molecule has 0 saturated heterocycles. The lowest BCUT2D eigenvalue weighted by Crippen LogP contribution is -2.11. The Morgan fingerprint density at radius 1 is 0.455 bits per heavy atom. The number of thiophene rings is 1. The number of hydrogen-bond donors (Lipinski definition) is 0. The van der Waals surface area contributed by atoms with Crippen LogP contribution in [0.15, 0.2) is 158 Å². The summed E-state index contributed by atoms with van der Waals surface area (Å²) in [5, 5.41) is 9.94. The maximum atomic E-state index is 4.84. The van der Waals surface area contributed by atoms with Gasteiger partial charge in [-0.2, -0.15) is 0 Å². The van der Waals surface area contributed by atoms with E-state index in [4.69, 9.17) is 4.98 Å². The molecule has 0 spiro atoms. The van der Waals surface area contributed by atoms with Gasteiger partial charge >= 0.3 is 0 Å². The molecule has 0 atom stereocenters. The molecule has 0 fully saturated rings. The van der Waals surface area contributed by atoms with Gasteiger partial charge in [0.05, 0.1) is 11.4 Å². The molecule has 9 rings (SSSR count). The van der Waals surface area contributed by atoms with E-state index >= 15 is 0 Å². The molecule has 0 saturated carbocycles. The lowest BCUT2D eigenvalue weighted by Gasteiger charge is -2.28. The van der Waals surface area contributed by atoms with Crippen molar-refractivity contribution >= 4 is 81.0 Å². The van der Waals surface area contributed by atoms with E-state index in [1.807, 2.05) is 6.20 Å². The van der Waals surface area contributed by atoms with Crippen LogP contribution in [0.1, 0.15) is 0 Å². The first-order valence-corrected chi connectivity index (χ1v) is 15.7. The third-order valence-electron chi connectivity index (χ3n) is 8.70. The van der Waals surface area contributed by atoms with Crippen molar-refractivity contribution in [1.29, 1.82) is 0 Å². The van der Waals surface area contributed by atoms with Crippen LogP contribution in [0.2, 0.25) is 0 Å². The SMILES string of the molecule is c1ccc(-c2ccc(N(c3cc4ccc5ccccc5c4c4ccccc34)c3ccnc4sc5ccccc5c34)cc2)cc1. The molecular weight excluding hydrogens is 553 g/mol. The number of hydrogen-bond acceptors (Lipinski definition) is 3. The first-order valence-electron chi connectivity index (χ1n) is 14.9. The number of fused-ring (bicyclic) bond motifs is 8. The molecule has 0 aliphatic rings. The van der Waals surface area contributed by atoms with Crippen LogP contribution >= 0.6 is 11.3 Å². The van der Waals surface area contributed by atoms with Gasteiger partial charge in [-0.3, -0.25) is 0 Å². The van der Waals surface area contributed by atoms with Crippen molar-refractivity contribution in [3.05, 3.63) is 158 Å². The average Bonchev–Trinajstić information content (AvgIpc) is 3.48. The fraction of sp³-hybridized carbons (Fsp3) is 0. The maximum absolute atomic E-state index is 4.84. The summed E-state index contributed by atoms with van der Waals surface area (Å²) in [5.41, 5.74) is 5.80. The number of anilines is 3. The van der Waals surface area contributed by atoms with Gasteiger partial charge in [0.1, 0.15) is 4.83 Å². The summed E-state index contributed by atoms with van der Waals surface area (Å²) in [5.74, 6) is 0. The number of nitrogens with zero attached hydrogens (tertiary/aromatic N) is 2. The fourth-order valence-electron chi connectivity index (χ4n) is 6.70. The van der Waals surface area contributed by atoms with Crippen LogP contribution in [-0.2, 0) is 0 Å². The van der Waals surface area contributed by atoms with Gasteiger partial charge in [-0.1, -0.05) is 121 Å². The molecule has 2 heterocycles. The van der Waals surface area contributed by atoms with Gasteiger partial charge < -0.3 is 4.90 Å². The minimum Gasteiger partial charge on any atom is -0.309 e. The lowest BCUT2D eigenvalue weighted by molar-refractivity contribution is 1.30. The Hall–Kier alpha value is -5.51. The van der Waals surface area contributed by atoms with Gasteiger partial charge in [0.15, 0.2) is 0 Å². The first-order chi connectivity index (χ1) is 21.8. The highest BCUT2D eigenvalue weighted by Crippen LogP contribution is 2.47. The highest BCUT2D eigenvalue weighted by molar-refractivity contribution is 7.25. The van der Waals surface area contributed by atoms with E-state index in [-0.39, 0.29) is 0 Å². The van der Waals surface area contributed by atoms with E-state index in [0.29, 0.717) is 0 Å². The Kier molecular flexibility index (Phi) is 5.71. The van der Waals surface area contributed by atoms with E-state index in [9.17, 15) is 0 Å². The van der Waals surface area contributed by atoms with Crippen LogP contribution in [0, 0.1) is 0 Å². The van der Waals surface area contributed by atoms with E-state index in [1.54, 1.807) is 11.3 Å². The predicted octanol–water partition coefficient (Wildman–Crippen LogP) is 12.0.